The molecule has 3 saturated carbocycles. The van der Waals surface area contributed by atoms with Gasteiger partial charge < -0.3 is 45.6 Å². The van der Waals surface area contributed by atoms with Crippen molar-refractivity contribution >= 4 is 29.2 Å². The van der Waals surface area contributed by atoms with Gasteiger partial charge in [-0.3, -0.25) is 19.2 Å². The minimum atomic E-state index is -1.60. The van der Waals surface area contributed by atoms with Gasteiger partial charge in [0.25, 0.3) is 0 Å². The number of carboxylic acid groups (broad SMARTS) is 1. The number of hydrogen-bond acceptors (Lipinski definition) is 11. The van der Waals surface area contributed by atoms with Crippen molar-refractivity contribution in [3.8, 4) is 0 Å². The Hall–Kier alpha value is -4.14. The molecule has 0 radical (unpaired) electrons. The lowest BCUT2D eigenvalue weighted by atomic mass is 9.46. The lowest BCUT2D eigenvalue weighted by molar-refractivity contribution is -0.202. The molecule has 0 unspecified atom stereocenters. The van der Waals surface area contributed by atoms with Gasteiger partial charge in [0.05, 0.1) is 25.2 Å². The van der Waals surface area contributed by atoms with Crippen LogP contribution in [-0.2, 0) is 46.5 Å². The number of ether oxygens (including phenoxy) is 3. The van der Waals surface area contributed by atoms with Crippen molar-refractivity contribution in [2.24, 2.45) is 34.3 Å². The van der Waals surface area contributed by atoms with Crippen LogP contribution in [0.4, 0.5) is 5.69 Å². The molecule has 2 aromatic rings. The zero-order valence-electron chi connectivity index (χ0n) is 28.7. The van der Waals surface area contributed by atoms with Crippen LogP contribution < -0.4 is 11.5 Å². The maximum absolute atomic E-state index is 14.5. The molecule has 10 atom stereocenters. The van der Waals surface area contributed by atoms with Crippen LogP contribution >= 0.6 is 0 Å². The fraction of sp³-hybridized carbons (Fsp3) is 0.526. The van der Waals surface area contributed by atoms with Gasteiger partial charge in [-0.25, -0.2) is 0 Å². The van der Waals surface area contributed by atoms with Gasteiger partial charge in [-0.1, -0.05) is 37.6 Å². The van der Waals surface area contributed by atoms with Gasteiger partial charge in [-0.05, 0) is 67.4 Å². The fourth-order valence-electron chi connectivity index (χ4n) is 10.1. The number of aliphatic hydroxyl groups excluding tert-OH is 2. The Labute approximate surface area is 295 Å². The summed E-state index contributed by atoms with van der Waals surface area (Å²) >= 11 is 0. The highest BCUT2D eigenvalue weighted by atomic mass is 16.7. The smallest absolute Gasteiger partial charge is 0.323 e. The van der Waals surface area contributed by atoms with Crippen LogP contribution in [0.5, 0.6) is 0 Å². The van der Waals surface area contributed by atoms with Gasteiger partial charge in [0.15, 0.2) is 24.3 Å². The van der Waals surface area contributed by atoms with Crippen molar-refractivity contribution in [3.05, 3.63) is 77.2 Å². The molecule has 1 saturated heterocycles. The average Bonchev–Trinajstić information content (AvgIpc) is 3.76. The molecule has 5 aliphatic rings. The number of nitrogen functional groups attached to an aromatic ring is 1. The number of aliphatic carboxylic acids is 1. The molecule has 7 rings (SSSR count). The first-order valence-corrected chi connectivity index (χ1v) is 17.5. The fourth-order valence-corrected chi connectivity index (χ4v) is 10.1. The van der Waals surface area contributed by atoms with Crippen LogP contribution in [0.1, 0.15) is 68.9 Å². The Kier molecular flexibility index (Phi) is 8.86. The van der Waals surface area contributed by atoms with Crippen molar-refractivity contribution in [1.29, 1.82) is 0 Å². The highest BCUT2D eigenvalue weighted by Crippen LogP contribution is 2.70. The molecule has 4 fully saturated rings. The van der Waals surface area contributed by atoms with E-state index >= 15 is 0 Å². The number of anilines is 1. The quantitative estimate of drug-likeness (QED) is 0.178. The molecule has 13 heteroatoms. The van der Waals surface area contributed by atoms with Crippen LogP contribution in [-0.4, -0.2) is 73.8 Å². The summed E-state index contributed by atoms with van der Waals surface area (Å²) in [4.78, 5) is 50.6. The molecule has 4 aliphatic carbocycles. The Balaban J connectivity index is 1.19. The molecule has 0 amide bonds. The maximum Gasteiger partial charge on any atom is 0.323 e. The number of allylic oxidation sites excluding steroid dienone is 4. The molecule has 0 bridgehead atoms. The van der Waals surface area contributed by atoms with Gasteiger partial charge in [0.2, 0.25) is 5.78 Å². The molecule has 2 heterocycles. The van der Waals surface area contributed by atoms with E-state index in [0.29, 0.717) is 36.2 Å². The second-order valence-electron chi connectivity index (χ2n) is 15.3. The number of carbonyl (C=O) groups is 4. The van der Waals surface area contributed by atoms with Crippen LogP contribution in [0.2, 0.25) is 0 Å². The van der Waals surface area contributed by atoms with Gasteiger partial charge in [0, 0.05) is 52.5 Å². The summed E-state index contributed by atoms with van der Waals surface area (Å²) in [5, 5.41) is 30.6. The lowest BCUT2D eigenvalue weighted by Crippen LogP contribution is -2.63. The van der Waals surface area contributed by atoms with E-state index in [1.807, 2.05) is 48.2 Å². The zero-order chi connectivity index (χ0) is 36.5. The molecule has 1 aromatic carbocycles. The SMILES string of the molecule is C[C@]12C=CC(=O)C=C1CC[C@@H]1[C@@H]2[C@@H](O)C[C@@]2(C)[C@H]1C[C@H]1O[C@@H](c3ccn(Cc4ccc(CO)c(N)c4)c3)O[C@]12C(=O)COC(=O)[C@@H](N)CC(=O)O. The van der Waals surface area contributed by atoms with E-state index in [1.54, 1.807) is 18.2 Å². The number of carbonyl (C=O) groups excluding carboxylic acids is 3. The molecule has 1 aliphatic heterocycles. The summed E-state index contributed by atoms with van der Waals surface area (Å²) in [6.07, 6.45) is 7.83. The van der Waals surface area contributed by atoms with Gasteiger partial charge in [0.1, 0.15) is 6.04 Å². The van der Waals surface area contributed by atoms with E-state index in [4.69, 9.17) is 30.8 Å². The number of carboxylic acids is 1. The summed E-state index contributed by atoms with van der Waals surface area (Å²) in [6.45, 7) is 3.65. The van der Waals surface area contributed by atoms with Gasteiger partial charge in [-0.2, -0.15) is 0 Å². The number of Topliss-reactive ketones (excluding diaryl/α,β-unsaturated/α-hetero) is 1. The van der Waals surface area contributed by atoms with Crippen molar-refractivity contribution in [1.82, 2.24) is 4.57 Å². The highest BCUT2D eigenvalue weighted by Gasteiger charge is 2.76. The van der Waals surface area contributed by atoms with Crippen molar-refractivity contribution in [2.75, 3.05) is 12.3 Å². The Bertz CT molecular complexity index is 1830. The van der Waals surface area contributed by atoms with Crippen LogP contribution in [0.15, 0.2) is 60.5 Å². The first kappa shape index (κ1) is 35.3. The number of rotatable bonds is 10. The summed E-state index contributed by atoms with van der Waals surface area (Å²) in [5.74, 6) is -3.19. The van der Waals surface area contributed by atoms with Gasteiger partial charge >= 0.3 is 11.9 Å². The first-order valence-electron chi connectivity index (χ1n) is 17.5. The minimum absolute atomic E-state index is 0.0167. The lowest BCUT2D eigenvalue weighted by Gasteiger charge is -2.59. The molecule has 0 spiro atoms. The number of benzene rings is 1. The maximum atomic E-state index is 14.5. The molecular formula is C38H45N3O10. The largest absolute Gasteiger partial charge is 0.481 e. The highest BCUT2D eigenvalue weighted by molar-refractivity contribution is 6.01. The minimum Gasteiger partial charge on any atom is -0.481 e. The Morgan fingerprint density at radius 2 is 1.98 bits per heavy atom. The standard InChI is InChI=1S/C38H45N3O10/c1-36-9-7-24(43)12-23(36)5-6-25-26-13-31-38(37(26,2)15-29(44)33(25)36,30(45)19-49-34(48)28(40)14-32(46)47)51-35(50-31)21-8-10-41(17-21)16-20-3-4-22(18-42)27(39)11-20/h3-4,7-12,17,25-26,28-29,31,33,35,42,44H,5-6,13-16,18-19,39-40H2,1-2H3,(H,46,47)/t25-,26-,28-,29-,31+,33+,35+,36-,37-,38+/m0/s1. The number of fused-ring (bicyclic) bond motifs is 7. The topological polar surface area (TPSA) is 214 Å². The van der Waals surface area contributed by atoms with E-state index in [1.165, 1.54) is 0 Å². The van der Waals surface area contributed by atoms with E-state index in [0.717, 1.165) is 17.6 Å². The third-order valence-electron chi connectivity index (χ3n) is 12.5. The number of hydrogen-bond donors (Lipinski definition) is 5. The monoisotopic (exact) mass is 703 g/mol. The van der Waals surface area contributed by atoms with Crippen molar-refractivity contribution < 1.29 is 48.7 Å². The average molecular weight is 704 g/mol. The second-order valence-corrected chi connectivity index (χ2v) is 15.3. The number of nitrogens with zero attached hydrogens (tertiary/aromatic N) is 1. The third-order valence-corrected chi connectivity index (χ3v) is 12.5. The number of nitrogens with two attached hydrogens (primary N) is 2. The normalized spacial score (nSPS) is 35.6. The summed E-state index contributed by atoms with van der Waals surface area (Å²) < 4.78 is 20.7. The van der Waals surface area contributed by atoms with E-state index in [2.05, 4.69) is 6.92 Å². The van der Waals surface area contributed by atoms with E-state index < -0.39 is 71.7 Å². The van der Waals surface area contributed by atoms with Crippen LogP contribution in [0.3, 0.4) is 0 Å². The predicted octanol–water partition coefficient (Wildman–Crippen LogP) is 2.57. The molecule has 13 nitrogen and oxygen atoms in total. The molecule has 272 valence electrons. The predicted molar refractivity (Wildman–Crippen MR) is 181 cm³/mol. The third kappa shape index (κ3) is 5.66. The van der Waals surface area contributed by atoms with Crippen LogP contribution in [0, 0.1) is 28.6 Å². The number of aliphatic hydroxyl groups is 2. The summed E-state index contributed by atoms with van der Waals surface area (Å²) in [7, 11) is 0. The number of ketones is 2. The van der Waals surface area contributed by atoms with E-state index in [-0.39, 0.29) is 36.6 Å². The van der Waals surface area contributed by atoms with Crippen molar-refractivity contribution in [3.63, 3.8) is 0 Å². The number of aromatic nitrogens is 1. The van der Waals surface area contributed by atoms with Crippen LogP contribution in [0.25, 0.3) is 0 Å². The second kappa shape index (κ2) is 12.8. The van der Waals surface area contributed by atoms with E-state index in [9.17, 15) is 29.4 Å². The first-order chi connectivity index (χ1) is 24.2. The zero-order valence-corrected chi connectivity index (χ0v) is 28.7. The molecule has 51 heavy (non-hydrogen) atoms. The van der Waals surface area contributed by atoms with Gasteiger partial charge in [-0.15, -0.1) is 0 Å². The molecule has 7 N–H and O–H groups in total. The van der Waals surface area contributed by atoms with Crippen molar-refractivity contribution in [2.45, 2.75) is 89.2 Å². The number of esters is 1. The summed E-state index contributed by atoms with van der Waals surface area (Å²) in [5.41, 5.74) is 12.5. The Morgan fingerprint density at radius 1 is 1.20 bits per heavy atom. The summed E-state index contributed by atoms with van der Waals surface area (Å²) in [6, 6.07) is 5.88. The molecular weight excluding hydrogens is 658 g/mol. The Morgan fingerprint density at radius 3 is 2.71 bits per heavy atom. The molecule has 1 aromatic heterocycles.